The zero-order valence-electron chi connectivity index (χ0n) is 25.8. The highest BCUT2D eigenvalue weighted by Crippen LogP contribution is 2.27. The Morgan fingerprint density at radius 3 is 0.765 bits per heavy atom. The number of rotatable bonds is 5. The maximum absolute atomic E-state index is 15.3. The van der Waals surface area contributed by atoms with Crippen LogP contribution < -0.4 is 26.3 Å². The number of halogens is 16. The molecule has 0 spiro atoms. The number of hydrogen-bond donors (Lipinski definition) is 0. The Morgan fingerprint density at radius 1 is 0.333 bits per heavy atom. The third-order valence-corrected chi connectivity index (χ3v) is 7.86. The molecule has 0 aliphatic heterocycles. The van der Waals surface area contributed by atoms with Crippen LogP contribution in [0.15, 0.2) is 54.6 Å². The van der Waals surface area contributed by atoms with Crippen molar-refractivity contribution in [2.24, 2.45) is 0 Å². The molecule has 0 atom stereocenters. The van der Waals surface area contributed by atoms with Crippen LogP contribution in [0, 0.1) is 93.1 Å². The van der Waals surface area contributed by atoms with E-state index in [-0.39, 0.29) is 0 Å². The second kappa shape index (κ2) is 14.0. The molecule has 0 unspecified atom stereocenters. The fourth-order valence-corrected chi connectivity index (χ4v) is 5.65. The second-order valence-corrected chi connectivity index (χ2v) is 11.7. The molecule has 0 bridgehead atoms. The Hall–Kier alpha value is -5.00. The summed E-state index contributed by atoms with van der Waals surface area (Å²) in [4.78, 5) is 0. The van der Waals surface area contributed by atoms with Crippen molar-refractivity contribution in [3.8, 4) is 0 Å². The zero-order chi connectivity index (χ0) is 38.5. The van der Waals surface area contributed by atoms with Crippen LogP contribution in [0.4, 0.5) is 75.9 Å². The summed E-state index contributed by atoms with van der Waals surface area (Å²) >= 11 is 0. The van der Waals surface area contributed by atoms with Gasteiger partial charge in [0, 0.05) is 24.3 Å². The molecule has 5 aromatic carbocycles. The van der Waals surface area contributed by atoms with Crippen molar-refractivity contribution in [1.82, 2.24) is 4.48 Å². The summed E-state index contributed by atoms with van der Waals surface area (Å²) in [5.74, 6) is -45.1. The first-order valence-corrected chi connectivity index (χ1v) is 14.0. The average Bonchev–Trinajstić information content (AvgIpc) is 3.04. The summed E-state index contributed by atoms with van der Waals surface area (Å²) in [5, 5.41) is 0. The molecule has 0 aliphatic carbocycles. The van der Waals surface area contributed by atoms with E-state index < -0.39 is 145 Å². The van der Waals surface area contributed by atoms with Crippen LogP contribution in [0.3, 0.4) is 0 Å². The van der Waals surface area contributed by atoms with Gasteiger partial charge in [-0.2, -0.15) is 0 Å². The van der Waals surface area contributed by atoms with Crippen LogP contribution in [-0.4, -0.2) is 27.3 Å². The van der Waals surface area contributed by atoms with Gasteiger partial charge in [-0.05, 0) is 12.1 Å². The summed E-state index contributed by atoms with van der Waals surface area (Å²) in [6.45, 7) is 0. The first-order chi connectivity index (χ1) is 23.6. The Balaban J connectivity index is 0.000000502. The fraction of sp³-hybridized carbons (Fsp3) is 0.0909. The molecule has 5 rings (SSSR count). The summed E-state index contributed by atoms with van der Waals surface area (Å²) in [6, 6.07) is 7.53. The highest BCUT2D eigenvalue weighted by atomic mass is 19.2. The number of nitrogens with zero attached hydrogens (tertiary/aromatic N) is 1. The quantitative estimate of drug-likeness (QED) is 0.0590. The Morgan fingerprint density at radius 2 is 0.569 bits per heavy atom. The summed E-state index contributed by atoms with van der Waals surface area (Å²) < 4.78 is 236. The van der Waals surface area contributed by atoms with E-state index in [1.165, 1.54) is 5.69 Å². The fourth-order valence-electron chi connectivity index (χ4n) is 5.65. The van der Waals surface area contributed by atoms with Gasteiger partial charge in [-0.15, -0.1) is 21.9 Å². The lowest BCUT2D eigenvalue weighted by atomic mass is 9.12. The third-order valence-electron chi connectivity index (χ3n) is 7.86. The molecule has 0 radical (unpaired) electrons. The summed E-state index contributed by atoms with van der Waals surface area (Å²) in [6.07, 6.45) is -6.18. The molecule has 0 amide bonds. The highest BCUT2D eigenvalue weighted by Gasteiger charge is 2.49. The molecule has 270 valence electrons. The second-order valence-electron chi connectivity index (χ2n) is 11.7. The van der Waals surface area contributed by atoms with Crippen LogP contribution in [0.1, 0.15) is 0 Å². The minimum atomic E-state index is -6.18. The van der Waals surface area contributed by atoms with Gasteiger partial charge in [0.05, 0.1) is 44.4 Å². The lowest BCUT2D eigenvalue weighted by Crippen LogP contribution is -2.80. The molecular weight excluding hydrogens is 725 g/mol. The number of para-hydroxylation sites is 1. The molecule has 0 aliphatic rings. The molecule has 0 N–H and O–H groups in total. The van der Waals surface area contributed by atoms with Crippen molar-refractivity contribution in [2.75, 3.05) is 21.1 Å². The normalized spacial score (nSPS) is 11.8. The van der Waals surface area contributed by atoms with Gasteiger partial charge in [-0.25, -0.2) is 70.2 Å². The first kappa shape index (κ1) is 38.8. The maximum atomic E-state index is 15.3. The van der Waals surface area contributed by atoms with Crippen molar-refractivity contribution in [2.45, 2.75) is 0 Å². The Labute approximate surface area is 277 Å². The third kappa shape index (κ3) is 6.52. The lowest BCUT2D eigenvalue weighted by molar-refractivity contribution is 0.434. The summed E-state index contributed by atoms with van der Waals surface area (Å²) in [5.41, 5.74) is -9.61. The van der Waals surface area contributed by atoms with Crippen molar-refractivity contribution in [1.29, 1.82) is 0 Å². The van der Waals surface area contributed by atoms with Crippen LogP contribution in [-0.2, 0) is 0 Å². The van der Waals surface area contributed by atoms with Crippen molar-refractivity contribution in [3.63, 3.8) is 0 Å². The topological polar surface area (TPSA) is 0 Å². The van der Waals surface area contributed by atoms with Gasteiger partial charge in [0.15, 0.2) is 46.5 Å². The van der Waals surface area contributed by atoms with E-state index in [9.17, 15) is 35.1 Å². The van der Waals surface area contributed by atoms with E-state index in [2.05, 4.69) is 45.4 Å². The maximum Gasteiger partial charge on any atom is 0.191 e. The molecule has 51 heavy (non-hydrogen) atoms. The molecule has 0 saturated heterocycles. The highest BCUT2D eigenvalue weighted by molar-refractivity contribution is 7.20. The standard InChI is InChI=1S/C24H4BF16.C9H14N/c26-5-1-9(30)17(34)21(38)13(5)25(14-6(27)2-10(31)18(35)22(14)39,15-7(28)3-11(32)19(36)23(15)40)16-8(29)4-12(33)20(37)24(16)41;1-10(2,3)9-7-5-4-6-8-9/h1-4H;4-8H,1-3H3/q-1;+1. The first-order valence-electron chi connectivity index (χ1n) is 14.0. The average molecular weight is 743 g/mol. The number of quaternary nitrogens is 1. The van der Waals surface area contributed by atoms with E-state index in [1.807, 2.05) is 6.07 Å². The predicted molar refractivity (Wildman–Crippen MR) is 155 cm³/mol. The van der Waals surface area contributed by atoms with Crippen LogP contribution >= 0.6 is 0 Å². The SMILES string of the molecule is C[N+](C)(C)c1ccccc1.Fc1cc(F)c([B-](c2c(F)cc(F)c(F)c2F)(c2c(F)cc(F)c(F)c2F)c2c(F)cc(F)c(F)c2F)c(F)c1F. The smallest absolute Gasteiger partial charge is 0.191 e. The molecule has 0 aromatic heterocycles. The van der Waals surface area contributed by atoms with Crippen LogP contribution in [0.5, 0.6) is 0 Å². The molecule has 0 heterocycles. The lowest BCUT2D eigenvalue weighted by Gasteiger charge is -2.44. The molecular formula is C33H18BF16N. The van der Waals surface area contributed by atoms with E-state index in [0.29, 0.717) is 0 Å². The molecule has 1 nitrogen and oxygen atoms in total. The van der Waals surface area contributed by atoms with Crippen LogP contribution in [0.2, 0.25) is 0 Å². The molecule has 5 aromatic rings. The Kier molecular flexibility index (Phi) is 10.6. The van der Waals surface area contributed by atoms with Gasteiger partial charge in [0.1, 0.15) is 35.1 Å². The van der Waals surface area contributed by atoms with Crippen molar-refractivity contribution >= 4 is 33.7 Å². The monoisotopic (exact) mass is 743 g/mol. The van der Waals surface area contributed by atoms with Crippen LogP contribution in [0.25, 0.3) is 0 Å². The minimum absolute atomic E-state index is 0.731. The van der Waals surface area contributed by atoms with Crippen molar-refractivity contribution < 1.29 is 70.2 Å². The molecule has 0 saturated carbocycles. The van der Waals surface area contributed by atoms with Gasteiger partial charge in [-0.1, -0.05) is 18.2 Å². The zero-order valence-corrected chi connectivity index (χ0v) is 25.8. The molecule has 0 fully saturated rings. The van der Waals surface area contributed by atoms with Gasteiger partial charge < -0.3 is 0 Å². The van der Waals surface area contributed by atoms with Gasteiger partial charge in [-0.3, -0.25) is 4.48 Å². The van der Waals surface area contributed by atoms with Gasteiger partial charge in [0.25, 0.3) is 0 Å². The van der Waals surface area contributed by atoms with E-state index in [1.54, 1.807) is 0 Å². The van der Waals surface area contributed by atoms with Gasteiger partial charge >= 0.3 is 0 Å². The largest absolute Gasteiger partial charge is 0.298 e. The number of benzene rings is 5. The van der Waals surface area contributed by atoms with E-state index in [4.69, 9.17) is 0 Å². The summed E-state index contributed by atoms with van der Waals surface area (Å²) in [7, 11) is 6.49. The van der Waals surface area contributed by atoms with Crippen molar-refractivity contribution in [3.05, 3.63) is 148 Å². The van der Waals surface area contributed by atoms with Gasteiger partial charge in [0.2, 0.25) is 0 Å². The van der Waals surface area contributed by atoms with E-state index >= 15 is 35.1 Å². The predicted octanol–water partition coefficient (Wildman–Crippen LogP) is 7.17. The molecule has 18 heteroatoms. The Bertz CT molecular complexity index is 1910. The number of hydrogen-bond acceptors (Lipinski definition) is 0. The van der Waals surface area contributed by atoms with E-state index in [0.717, 1.165) is 4.48 Å². The minimum Gasteiger partial charge on any atom is -0.298 e.